The highest BCUT2D eigenvalue weighted by Crippen LogP contribution is 2.33. The molecule has 9 heteroatoms. The lowest BCUT2D eigenvalue weighted by atomic mass is 9.93. The summed E-state index contributed by atoms with van der Waals surface area (Å²) >= 11 is 0. The number of hydrogen-bond donors (Lipinski definition) is 0. The minimum atomic E-state index is -0.665. The summed E-state index contributed by atoms with van der Waals surface area (Å²) in [7, 11) is 0. The van der Waals surface area contributed by atoms with Gasteiger partial charge < -0.3 is 4.74 Å². The molecule has 0 atom stereocenters. The average molecular weight is 562 g/mol. The molecule has 2 aromatic heterocycles. The predicted octanol–water partition coefficient (Wildman–Crippen LogP) is 6.04. The molecule has 2 aromatic carbocycles. The summed E-state index contributed by atoms with van der Waals surface area (Å²) in [4.78, 5) is 32.0. The van der Waals surface area contributed by atoms with Gasteiger partial charge in [-0.3, -0.25) is 19.5 Å². The number of aromatic nitrogens is 3. The largest absolute Gasteiger partial charge is 0.491 e. The van der Waals surface area contributed by atoms with Crippen LogP contribution in [0.4, 0.5) is 4.39 Å². The molecule has 1 aliphatic heterocycles. The number of imide groups is 1. The SMILES string of the molecule is CCCCOc1ccc(-c2nn(-c3ccccc3)cc2/C=C2/C(=O)N(Cc3cccnc3)C(=O)C(C#N)=C2C)cc1F. The Labute approximate surface area is 243 Å². The number of benzene rings is 2. The van der Waals surface area contributed by atoms with Crippen molar-refractivity contribution in [3.05, 3.63) is 113 Å². The zero-order chi connectivity index (χ0) is 29.6. The highest BCUT2D eigenvalue weighted by atomic mass is 19.1. The quantitative estimate of drug-likeness (QED) is 0.140. The molecule has 0 N–H and O–H groups in total. The second kappa shape index (κ2) is 12.4. The maximum atomic E-state index is 15.1. The van der Waals surface area contributed by atoms with Gasteiger partial charge in [0.1, 0.15) is 17.3 Å². The lowest BCUT2D eigenvalue weighted by molar-refractivity contribution is -0.141. The molecule has 1 aliphatic rings. The van der Waals surface area contributed by atoms with Crippen LogP contribution >= 0.6 is 0 Å². The van der Waals surface area contributed by atoms with E-state index in [2.05, 4.69) is 4.98 Å². The van der Waals surface area contributed by atoms with Crippen LogP contribution in [-0.2, 0) is 16.1 Å². The standard InChI is InChI=1S/C33H28FN5O3/c1-3-4-15-42-30-13-12-24(17-29(30)34)31-25(21-39(37-31)26-10-6-5-7-11-26)16-27-22(2)28(18-35)33(41)38(32(27)40)20-23-9-8-14-36-19-23/h5-14,16-17,19,21H,3-4,15,20H2,1-2H3/b27-16+. The fourth-order valence-electron chi connectivity index (χ4n) is 4.62. The zero-order valence-corrected chi connectivity index (χ0v) is 23.3. The molecule has 0 radical (unpaired) electrons. The number of ether oxygens (including phenoxy) is 1. The van der Waals surface area contributed by atoms with Gasteiger partial charge in [0.25, 0.3) is 11.8 Å². The molecule has 3 heterocycles. The summed E-state index contributed by atoms with van der Waals surface area (Å²) in [6.07, 6.45) is 8.23. The van der Waals surface area contributed by atoms with Gasteiger partial charge in [0.2, 0.25) is 0 Å². The van der Waals surface area contributed by atoms with Crippen LogP contribution < -0.4 is 4.74 Å². The number of halogens is 1. The third-order valence-electron chi connectivity index (χ3n) is 6.91. The number of amides is 2. The first-order valence-corrected chi connectivity index (χ1v) is 13.6. The first kappa shape index (κ1) is 28.2. The maximum absolute atomic E-state index is 15.1. The Balaban J connectivity index is 1.61. The normalized spacial score (nSPS) is 14.4. The van der Waals surface area contributed by atoms with Crippen molar-refractivity contribution < 1.29 is 18.7 Å². The Bertz CT molecular complexity index is 1740. The minimum Gasteiger partial charge on any atom is -0.491 e. The first-order valence-electron chi connectivity index (χ1n) is 13.6. The van der Waals surface area contributed by atoms with Gasteiger partial charge in [-0.25, -0.2) is 9.07 Å². The Kier molecular flexibility index (Phi) is 8.34. The van der Waals surface area contributed by atoms with Gasteiger partial charge in [0.15, 0.2) is 11.6 Å². The molecule has 2 amide bonds. The van der Waals surface area contributed by atoms with Crippen LogP contribution in [0.2, 0.25) is 0 Å². The molecule has 0 fully saturated rings. The maximum Gasteiger partial charge on any atom is 0.271 e. The third kappa shape index (κ3) is 5.74. The second-order valence-electron chi connectivity index (χ2n) is 9.79. The van der Waals surface area contributed by atoms with Gasteiger partial charge in [-0.2, -0.15) is 10.4 Å². The molecule has 8 nitrogen and oxygen atoms in total. The van der Waals surface area contributed by atoms with Gasteiger partial charge >= 0.3 is 0 Å². The van der Waals surface area contributed by atoms with E-state index in [1.165, 1.54) is 6.07 Å². The van der Waals surface area contributed by atoms with Crippen LogP contribution in [0.25, 0.3) is 23.0 Å². The van der Waals surface area contributed by atoms with Crippen LogP contribution in [0.15, 0.2) is 96.0 Å². The van der Waals surface area contributed by atoms with Crippen molar-refractivity contribution in [2.75, 3.05) is 6.61 Å². The van der Waals surface area contributed by atoms with Crippen molar-refractivity contribution in [3.63, 3.8) is 0 Å². The summed E-state index contributed by atoms with van der Waals surface area (Å²) in [5.41, 5.74) is 3.12. The molecule has 0 unspecified atom stereocenters. The van der Waals surface area contributed by atoms with E-state index < -0.39 is 17.6 Å². The molecule has 0 aliphatic carbocycles. The minimum absolute atomic E-state index is 0.0395. The lowest BCUT2D eigenvalue weighted by Crippen LogP contribution is -2.42. The number of para-hydroxylation sites is 1. The Morgan fingerprint density at radius 3 is 2.57 bits per heavy atom. The number of carbonyl (C=O) groups excluding carboxylic acids is 2. The van der Waals surface area contributed by atoms with Crippen LogP contribution in [0.3, 0.4) is 0 Å². The second-order valence-corrected chi connectivity index (χ2v) is 9.79. The highest BCUT2D eigenvalue weighted by Gasteiger charge is 2.35. The number of nitriles is 1. The van der Waals surface area contributed by atoms with Gasteiger partial charge in [0, 0.05) is 35.3 Å². The summed E-state index contributed by atoms with van der Waals surface area (Å²) in [5.74, 6) is -1.59. The number of pyridine rings is 1. The monoisotopic (exact) mass is 561 g/mol. The van der Waals surface area contributed by atoms with Crippen LogP contribution in [0.5, 0.6) is 5.75 Å². The average Bonchev–Trinajstić information content (AvgIpc) is 3.43. The molecule has 0 saturated heterocycles. The smallest absolute Gasteiger partial charge is 0.271 e. The number of hydrogen-bond acceptors (Lipinski definition) is 6. The van der Waals surface area contributed by atoms with E-state index in [1.54, 1.807) is 60.5 Å². The fourth-order valence-corrected chi connectivity index (χ4v) is 4.62. The Morgan fingerprint density at radius 1 is 1.07 bits per heavy atom. The van der Waals surface area contributed by atoms with Crippen LogP contribution in [0, 0.1) is 17.1 Å². The zero-order valence-electron chi connectivity index (χ0n) is 23.3. The van der Waals surface area contributed by atoms with E-state index in [0.717, 1.165) is 23.4 Å². The van der Waals surface area contributed by atoms with E-state index in [9.17, 15) is 14.9 Å². The topological polar surface area (TPSA) is 101 Å². The number of nitrogens with zero attached hydrogens (tertiary/aromatic N) is 5. The van der Waals surface area contributed by atoms with Gasteiger partial charge in [-0.1, -0.05) is 37.6 Å². The summed E-state index contributed by atoms with van der Waals surface area (Å²) in [5, 5.41) is 14.6. The molecular formula is C33H28FN5O3. The van der Waals surface area contributed by atoms with Crippen molar-refractivity contribution in [1.29, 1.82) is 5.26 Å². The molecule has 0 bridgehead atoms. The summed E-state index contributed by atoms with van der Waals surface area (Å²) in [6, 6.07) is 19.4. The van der Waals surface area contributed by atoms with E-state index in [4.69, 9.17) is 9.84 Å². The van der Waals surface area contributed by atoms with Crippen molar-refractivity contribution in [2.45, 2.75) is 33.2 Å². The van der Waals surface area contributed by atoms with Gasteiger partial charge in [-0.15, -0.1) is 0 Å². The first-order chi connectivity index (χ1) is 20.4. The van der Waals surface area contributed by atoms with E-state index >= 15 is 4.39 Å². The van der Waals surface area contributed by atoms with Crippen molar-refractivity contribution in [3.8, 4) is 28.8 Å². The van der Waals surface area contributed by atoms with E-state index in [1.807, 2.05) is 43.3 Å². The summed E-state index contributed by atoms with van der Waals surface area (Å²) < 4.78 is 22.3. The number of carbonyl (C=O) groups is 2. The van der Waals surface area contributed by atoms with Crippen molar-refractivity contribution in [2.24, 2.45) is 0 Å². The molecular weight excluding hydrogens is 533 g/mol. The van der Waals surface area contributed by atoms with Gasteiger partial charge in [-0.05, 0) is 67.0 Å². The van der Waals surface area contributed by atoms with Crippen molar-refractivity contribution in [1.82, 2.24) is 19.7 Å². The highest BCUT2D eigenvalue weighted by molar-refractivity contribution is 6.19. The van der Waals surface area contributed by atoms with E-state index in [-0.39, 0.29) is 29.0 Å². The lowest BCUT2D eigenvalue weighted by Gasteiger charge is -2.27. The third-order valence-corrected chi connectivity index (χ3v) is 6.91. The Morgan fingerprint density at radius 2 is 1.88 bits per heavy atom. The molecule has 5 rings (SSSR count). The molecule has 0 spiro atoms. The Hall–Kier alpha value is -5.36. The molecule has 4 aromatic rings. The predicted molar refractivity (Wildman–Crippen MR) is 155 cm³/mol. The molecule has 0 saturated carbocycles. The number of rotatable bonds is 9. The van der Waals surface area contributed by atoms with E-state index in [0.29, 0.717) is 29.0 Å². The molecule has 210 valence electrons. The van der Waals surface area contributed by atoms with Gasteiger partial charge in [0.05, 0.1) is 18.8 Å². The van der Waals surface area contributed by atoms with Crippen LogP contribution in [-0.4, -0.2) is 38.1 Å². The number of unbranched alkanes of at least 4 members (excludes halogenated alkanes) is 1. The van der Waals surface area contributed by atoms with Crippen LogP contribution in [0.1, 0.15) is 37.8 Å². The molecule has 42 heavy (non-hydrogen) atoms. The van der Waals surface area contributed by atoms with Crippen molar-refractivity contribution >= 4 is 17.9 Å². The summed E-state index contributed by atoms with van der Waals surface area (Å²) in [6.45, 7) is 3.98. The fraction of sp³-hybridized carbons (Fsp3) is 0.182.